The number of cyclic esters (lactones) is 1. The second-order valence-corrected chi connectivity index (χ2v) is 30.2. The number of likely N-dealkylation sites (tertiary alicyclic amines) is 1. The van der Waals surface area contributed by atoms with Crippen LogP contribution in [0.3, 0.4) is 0 Å². The van der Waals surface area contributed by atoms with Crippen molar-refractivity contribution in [2.45, 2.75) is 280 Å². The zero-order valence-corrected chi connectivity index (χ0v) is 65.2. The van der Waals surface area contributed by atoms with E-state index in [0.717, 1.165) is 6.42 Å². The number of hydrogen-bond acceptors (Lipinski definition) is 17. The normalized spacial score (nSPS) is 22.6. The van der Waals surface area contributed by atoms with Gasteiger partial charge < -0.3 is 84.3 Å². The van der Waals surface area contributed by atoms with E-state index in [1.54, 1.807) is 127 Å². The number of rotatable bonds is 33. The lowest BCUT2D eigenvalue weighted by atomic mass is 9.95. The number of nitrogens with zero attached hydrogens (tertiary/aromatic N) is 1. The predicted octanol–water partition coefficient (Wildman–Crippen LogP) is 1.84. The van der Waals surface area contributed by atoms with Crippen LogP contribution in [0.4, 0.5) is 0 Å². The van der Waals surface area contributed by atoms with Gasteiger partial charge in [-0.3, -0.25) is 62.3 Å². The lowest BCUT2D eigenvalue weighted by Gasteiger charge is -2.33. The molecule has 13 amide bonds. The molecule has 2 aliphatic heterocycles. The van der Waals surface area contributed by atoms with Crippen LogP contribution in [0.5, 0.6) is 0 Å². The maximum Gasteiger partial charge on any atom is 0.329 e. The number of carbonyl (C=O) groups excluding carboxylic acids is 14. The number of hydrogen-bond donors (Lipinski definition) is 14. The van der Waals surface area contributed by atoms with Crippen molar-refractivity contribution in [3.8, 4) is 0 Å². The van der Waals surface area contributed by atoms with Crippen molar-refractivity contribution in [1.82, 2.24) is 68.7 Å². The molecule has 105 heavy (non-hydrogen) atoms. The molecule has 4 unspecified atom stereocenters. The van der Waals surface area contributed by atoms with Gasteiger partial charge in [-0.25, -0.2) is 4.79 Å². The Hall–Kier alpha value is -8.54. The van der Waals surface area contributed by atoms with Crippen LogP contribution in [0.2, 0.25) is 0 Å². The first kappa shape index (κ1) is 90.7. The van der Waals surface area contributed by atoms with Crippen molar-refractivity contribution in [1.29, 1.82) is 0 Å². The Balaban J connectivity index is 2.00. The Labute approximate surface area is 620 Å². The number of benzene rings is 1. The second kappa shape index (κ2) is 43.8. The number of carbonyl (C=O) groups is 14. The van der Waals surface area contributed by atoms with Gasteiger partial charge in [0.05, 0.1) is 6.10 Å². The van der Waals surface area contributed by atoms with E-state index in [1.807, 2.05) is 13.8 Å². The first-order valence-electron chi connectivity index (χ1n) is 37.5. The summed E-state index contributed by atoms with van der Waals surface area (Å²) in [5.41, 5.74) is 6.34. The Bertz CT molecular complexity index is 3160. The maximum absolute atomic E-state index is 15.0. The zero-order valence-electron chi connectivity index (χ0n) is 65.2. The van der Waals surface area contributed by atoms with Gasteiger partial charge in [-0.2, -0.15) is 0 Å². The van der Waals surface area contributed by atoms with Gasteiger partial charge in [0.25, 0.3) is 5.91 Å². The topological polar surface area (TPSA) is 442 Å². The molecule has 0 aliphatic carbocycles. The van der Waals surface area contributed by atoms with E-state index in [1.165, 1.54) is 31.7 Å². The Morgan fingerprint density at radius 2 is 1.15 bits per heavy atom. The van der Waals surface area contributed by atoms with Gasteiger partial charge in [0.2, 0.25) is 70.9 Å². The van der Waals surface area contributed by atoms with Crippen LogP contribution in [0, 0.1) is 47.3 Å². The van der Waals surface area contributed by atoms with Crippen LogP contribution < -0.4 is 69.5 Å². The molecule has 0 bridgehead atoms. The van der Waals surface area contributed by atoms with Crippen LogP contribution in [0.1, 0.15) is 195 Å². The summed E-state index contributed by atoms with van der Waals surface area (Å²) in [5.74, 6) is -15.1. The fraction of sp³-hybridized carbons (Fsp3) is 0.707. The molecule has 2 aliphatic rings. The van der Waals surface area contributed by atoms with Gasteiger partial charge in [-0.05, 0) is 112 Å². The average molecular weight is 1480 g/mol. The highest BCUT2D eigenvalue weighted by Crippen LogP contribution is 2.23. The largest absolute Gasteiger partial charge is 0.458 e. The summed E-state index contributed by atoms with van der Waals surface area (Å²) in [5, 5.41) is 43.2. The van der Waals surface area contributed by atoms with Crippen LogP contribution in [-0.4, -0.2) is 191 Å². The van der Waals surface area contributed by atoms with Gasteiger partial charge in [0.1, 0.15) is 84.3 Å². The number of aliphatic hydroxyl groups is 1. The van der Waals surface area contributed by atoms with E-state index in [-0.39, 0.29) is 63.2 Å². The summed E-state index contributed by atoms with van der Waals surface area (Å²) in [7, 11) is 0. The maximum atomic E-state index is 15.0. The first-order chi connectivity index (χ1) is 49.2. The summed E-state index contributed by atoms with van der Waals surface area (Å²) < 4.78 is 5.96. The van der Waals surface area contributed by atoms with Gasteiger partial charge in [0.15, 0.2) is 0 Å². The van der Waals surface area contributed by atoms with Gasteiger partial charge in [-0.1, -0.05) is 166 Å². The highest BCUT2D eigenvalue weighted by atomic mass is 16.5. The average Bonchev–Trinajstić information content (AvgIpc) is 1.79. The van der Waals surface area contributed by atoms with Crippen LogP contribution in [0.15, 0.2) is 42.1 Å². The van der Waals surface area contributed by atoms with Crippen LogP contribution in [0.25, 0.3) is 0 Å². The summed E-state index contributed by atoms with van der Waals surface area (Å²) >= 11 is 0. The summed E-state index contributed by atoms with van der Waals surface area (Å²) in [4.78, 5) is 202. The second-order valence-electron chi connectivity index (χ2n) is 30.2. The molecule has 15 N–H and O–H groups in total. The number of nitrogens with two attached hydrogens (primary N) is 1. The summed E-state index contributed by atoms with van der Waals surface area (Å²) in [6, 6.07) is -7.67. The predicted molar refractivity (Wildman–Crippen MR) is 395 cm³/mol. The number of esters is 1. The molecule has 590 valence electrons. The van der Waals surface area contributed by atoms with Crippen molar-refractivity contribution in [2.75, 3.05) is 13.1 Å². The molecule has 1 aromatic carbocycles. The zero-order chi connectivity index (χ0) is 79.4. The molecule has 0 saturated carbocycles. The van der Waals surface area contributed by atoms with Crippen LogP contribution >= 0.6 is 0 Å². The SMILES string of the molecule is CC=C1NC(=O)[C@H](Cc2ccccc2)NC(=O)[C@@H](C(C)C)NC(=O)[C@@H](C(C)CC)NC(=O)[C@H](NC(=O)[C@H](NC(=O)[C@H](CCCN)NC(=O)[C@H]2CCCN2C(=O)[C@H](NC(=O)[C@@H](NC(=O)C(NC(=O)[C@H](NC(=O)CCCC(C)C)C(C)C)[C@@H](C)O)C(C)C)C(C)C)C(C)CC)C(C)OC(=O)[C@H](C(C)C)NC1=O. The van der Waals surface area contributed by atoms with Gasteiger partial charge in [-0.15, -0.1) is 0 Å². The van der Waals surface area contributed by atoms with Crippen LogP contribution in [-0.2, 0) is 78.3 Å². The van der Waals surface area contributed by atoms with E-state index in [2.05, 4.69) is 63.8 Å². The fourth-order valence-corrected chi connectivity index (χ4v) is 12.1. The molecule has 3 rings (SSSR count). The molecule has 16 atom stereocenters. The molecule has 1 aromatic rings. The molecule has 30 nitrogen and oxygen atoms in total. The molecular formula is C75H124N14O16. The minimum atomic E-state index is -1.83. The molecule has 0 aromatic heterocycles. The highest BCUT2D eigenvalue weighted by molar-refractivity contribution is 6.03. The van der Waals surface area contributed by atoms with Gasteiger partial charge >= 0.3 is 5.97 Å². The van der Waals surface area contributed by atoms with Crippen molar-refractivity contribution in [3.63, 3.8) is 0 Å². The monoisotopic (exact) mass is 1480 g/mol. The Morgan fingerprint density at radius 1 is 0.610 bits per heavy atom. The summed E-state index contributed by atoms with van der Waals surface area (Å²) in [6.45, 7) is 31.8. The molecule has 2 heterocycles. The van der Waals surface area contributed by atoms with Gasteiger partial charge in [0, 0.05) is 19.4 Å². The van der Waals surface area contributed by atoms with Crippen molar-refractivity contribution < 1.29 is 77.0 Å². The van der Waals surface area contributed by atoms with E-state index in [9.17, 15) is 62.6 Å². The minimum absolute atomic E-state index is 0.0355. The molecule has 2 fully saturated rings. The lowest BCUT2D eigenvalue weighted by Crippen LogP contribution is -2.64. The third-order valence-electron chi connectivity index (χ3n) is 19.3. The van der Waals surface area contributed by atoms with E-state index in [0.29, 0.717) is 30.7 Å². The van der Waals surface area contributed by atoms with E-state index in [4.69, 9.17) is 10.5 Å². The number of ether oxygens (including phenoxy) is 1. The van der Waals surface area contributed by atoms with E-state index < -0.39 is 203 Å². The smallest absolute Gasteiger partial charge is 0.329 e. The Kier molecular flexibility index (Phi) is 37.8. The van der Waals surface area contributed by atoms with E-state index >= 15 is 9.59 Å². The Morgan fingerprint density at radius 3 is 1.69 bits per heavy atom. The quantitative estimate of drug-likeness (QED) is 0.0353. The number of nitrogens with one attached hydrogen (secondary N) is 12. The molecule has 0 spiro atoms. The molecular weight excluding hydrogens is 1350 g/mol. The fourth-order valence-electron chi connectivity index (χ4n) is 12.1. The third kappa shape index (κ3) is 27.7. The first-order valence-corrected chi connectivity index (χ1v) is 37.5. The van der Waals surface area contributed by atoms with Crippen molar-refractivity contribution in [2.24, 2.45) is 53.1 Å². The number of allylic oxidation sites excluding steroid dienone is 1. The minimum Gasteiger partial charge on any atom is -0.458 e. The molecule has 2 saturated heterocycles. The molecule has 30 heteroatoms. The highest BCUT2D eigenvalue weighted by Gasteiger charge is 2.44. The number of aliphatic hydroxyl groups excluding tert-OH is 1. The molecule has 0 radical (unpaired) electrons. The lowest BCUT2D eigenvalue weighted by molar-refractivity contribution is -0.157. The van der Waals surface area contributed by atoms with Crippen molar-refractivity contribution >= 4 is 82.8 Å². The standard InChI is InChI=1S/C75H124N14O16/c1-20-44(16)59(71(100)88-62-47(19)105-75(104)58(43(14)15)84-63(92)49(22-3)77-65(94)51(37-48-30-24-23-25-31-48)79-67(96)55(40(8)9)81-70(99)60(45(17)21-2)86-73(62)102)85-64(93)50(32-27-35-76)78-66(95)52-33-28-36-89(52)74(103)57(42(12)13)83-69(98)56(41(10)11)82-72(101)61(46(18)90)87-68(97)54(39(6)7)80-53(91)34-26-29-38(4)5/h22-25,30-31,38-47,50-52,54-62,90H,20-21,26-29,32-37,76H2,1-19H3,(H,77,94)(H,78,95)(H,79,96)(H,80,91)(H,81,99)(H,82,101)(H,83,98)(H,84,92)(H,85,93)(H,86,102)(H,87,97)(H,88,100)/t44?,45?,46-,47?,50+,51+,52-,54-,55-,56+,57-,58+,59-,60-,61?,62-/m1/s1. The van der Waals surface area contributed by atoms with Crippen molar-refractivity contribution in [3.05, 3.63) is 47.7 Å². The number of amides is 13. The third-order valence-corrected chi connectivity index (χ3v) is 19.3. The summed E-state index contributed by atoms with van der Waals surface area (Å²) in [6.07, 6.45) is 1.02.